The fourth-order valence-electron chi connectivity index (χ4n) is 2.50. The lowest BCUT2D eigenvalue weighted by molar-refractivity contribution is 0.0713. The Morgan fingerprint density at radius 3 is 2.81 bits per heavy atom. The maximum atomic E-state index is 12.3. The Labute approximate surface area is 123 Å². The van der Waals surface area contributed by atoms with E-state index in [1.165, 1.54) is 0 Å². The molecule has 0 atom stereocenters. The normalized spacial score (nSPS) is 16.0. The molecule has 1 aliphatic rings. The molecule has 0 spiro atoms. The minimum atomic E-state index is 0.00792. The van der Waals surface area contributed by atoms with Crippen LogP contribution in [0.3, 0.4) is 0 Å². The van der Waals surface area contributed by atoms with E-state index in [9.17, 15) is 4.79 Å². The standard InChI is InChI=1S/C14H18N6O/c1-19-9-12(15-10-19)14(21)20-7-4-11(5-8-20)17-13-3-2-6-16-18-13/h2-3,6,9-11H,4-5,7-8H2,1H3,(H,17,18). The molecule has 0 aromatic carbocycles. The van der Waals surface area contributed by atoms with Crippen molar-refractivity contribution in [2.24, 2.45) is 7.05 Å². The molecule has 7 heteroatoms. The van der Waals surface area contributed by atoms with Crippen molar-refractivity contribution in [3.63, 3.8) is 0 Å². The highest BCUT2D eigenvalue weighted by Gasteiger charge is 2.24. The average molecular weight is 286 g/mol. The molecule has 7 nitrogen and oxygen atoms in total. The van der Waals surface area contributed by atoms with Crippen LogP contribution in [0.5, 0.6) is 0 Å². The number of nitrogens with one attached hydrogen (secondary N) is 1. The van der Waals surface area contributed by atoms with E-state index >= 15 is 0 Å². The number of aromatic nitrogens is 4. The van der Waals surface area contributed by atoms with Crippen molar-refractivity contribution < 1.29 is 4.79 Å². The molecule has 1 fully saturated rings. The third kappa shape index (κ3) is 3.18. The van der Waals surface area contributed by atoms with Crippen LogP contribution in [-0.2, 0) is 7.05 Å². The van der Waals surface area contributed by atoms with Gasteiger partial charge in [-0.15, -0.1) is 5.10 Å². The first-order valence-corrected chi connectivity index (χ1v) is 7.04. The van der Waals surface area contributed by atoms with E-state index in [1.807, 2.05) is 24.1 Å². The number of nitrogens with zero attached hydrogens (tertiary/aromatic N) is 5. The van der Waals surface area contributed by atoms with Gasteiger partial charge in [0.15, 0.2) is 0 Å². The number of likely N-dealkylation sites (tertiary alicyclic amines) is 1. The number of anilines is 1. The summed E-state index contributed by atoms with van der Waals surface area (Å²) in [7, 11) is 1.86. The molecule has 21 heavy (non-hydrogen) atoms. The molecule has 1 saturated heterocycles. The van der Waals surface area contributed by atoms with Gasteiger partial charge in [-0.3, -0.25) is 4.79 Å². The molecule has 0 bridgehead atoms. The molecule has 0 aliphatic carbocycles. The summed E-state index contributed by atoms with van der Waals surface area (Å²) in [6.07, 6.45) is 6.85. The molecular weight excluding hydrogens is 268 g/mol. The van der Waals surface area contributed by atoms with Gasteiger partial charge < -0.3 is 14.8 Å². The third-order valence-corrected chi connectivity index (χ3v) is 3.63. The highest BCUT2D eigenvalue weighted by Crippen LogP contribution is 2.16. The first kappa shape index (κ1) is 13.5. The van der Waals surface area contributed by atoms with E-state index in [-0.39, 0.29) is 5.91 Å². The fraction of sp³-hybridized carbons (Fsp3) is 0.429. The molecule has 1 amide bonds. The van der Waals surface area contributed by atoms with Crippen molar-refractivity contribution in [1.82, 2.24) is 24.6 Å². The second kappa shape index (κ2) is 5.90. The van der Waals surface area contributed by atoms with Crippen LogP contribution in [0.4, 0.5) is 5.82 Å². The molecule has 110 valence electrons. The van der Waals surface area contributed by atoms with Gasteiger partial charge in [0.05, 0.1) is 6.33 Å². The van der Waals surface area contributed by atoms with Crippen LogP contribution in [0.1, 0.15) is 23.3 Å². The Balaban J connectivity index is 1.54. The van der Waals surface area contributed by atoms with E-state index in [4.69, 9.17) is 0 Å². The molecular formula is C14H18N6O. The molecule has 3 rings (SSSR count). The largest absolute Gasteiger partial charge is 0.366 e. The maximum Gasteiger partial charge on any atom is 0.274 e. The van der Waals surface area contributed by atoms with Crippen molar-refractivity contribution in [3.05, 3.63) is 36.5 Å². The summed E-state index contributed by atoms with van der Waals surface area (Å²) in [4.78, 5) is 18.3. The van der Waals surface area contributed by atoms with Gasteiger partial charge in [0.25, 0.3) is 5.91 Å². The zero-order valence-corrected chi connectivity index (χ0v) is 11.9. The second-order valence-electron chi connectivity index (χ2n) is 5.24. The van der Waals surface area contributed by atoms with Gasteiger partial charge in [0.1, 0.15) is 11.5 Å². The number of hydrogen-bond acceptors (Lipinski definition) is 5. The van der Waals surface area contributed by atoms with Gasteiger partial charge >= 0.3 is 0 Å². The lowest BCUT2D eigenvalue weighted by atomic mass is 10.0. The summed E-state index contributed by atoms with van der Waals surface area (Å²) < 4.78 is 1.79. The summed E-state index contributed by atoms with van der Waals surface area (Å²) in [6.45, 7) is 1.46. The zero-order valence-electron chi connectivity index (χ0n) is 11.9. The topological polar surface area (TPSA) is 75.9 Å². The number of piperidine rings is 1. The number of carbonyl (C=O) groups is 1. The molecule has 2 aromatic heterocycles. The van der Waals surface area contributed by atoms with Crippen LogP contribution in [-0.4, -0.2) is 49.7 Å². The van der Waals surface area contributed by atoms with E-state index in [0.717, 1.165) is 31.7 Å². The molecule has 1 aliphatic heterocycles. The number of carbonyl (C=O) groups excluding carboxylic acids is 1. The molecule has 0 saturated carbocycles. The number of imidazole rings is 1. The fourth-order valence-corrected chi connectivity index (χ4v) is 2.50. The molecule has 1 N–H and O–H groups in total. The van der Waals surface area contributed by atoms with Crippen LogP contribution < -0.4 is 5.32 Å². The molecule has 0 radical (unpaired) electrons. The van der Waals surface area contributed by atoms with Crippen molar-refractivity contribution in [2.75, 3.05) is 18.4 Å². The Morgan fingerprint density at radius 2 is 2.19 bits per heavy atom. The number of hydrogen-bond donors (Lipinski definition) is 1. The minimum absolute atomic E-state index is 0.00792. The Kier molecular flexibility index (Phi) is 3.81. The third-order valence-electron chi connectivity index (χ3n) is 3.63. The smallest absolute Gasteiger partial charge is 0.274 e. The maximum absolute atomic E-state index is 12.3. The van der Waals surface area contributed by atoms with Crippen molar-refractivity contribution in [1.29, 1.82) is 0 Å². The van der Waals surface area contributed by atoms with Gasteiger partial charge in [-0.25, -0.2) is 4.98 Å². The zero-order chi connectivity index (χ0) is 14.7. The van der Waals surface area contributed by atoms with Crippen LogP contribution in [0.15, 0.2) is 30.9 Å². The quantitative estimate of drug-likeness (QED) is 0.908. The first-order valence-electron chi connectivity index (χ1n) is 7.04. The van der Waals surface area contributed by atoms with E-state index in [2.05, 4.69) is 20.5 Å². The Bertz CT molecular complexity index is 603. The summed E-state index contributed by atoms with van der Waals surface area (Å²) in [5.74, 6) is 0.792. The summed E-state index contributed by atoms with van der Waals surface area (Å²) in [5.41, 5.74) is 0.512. The predicted molar refractivity (Wildman–Crippen MR) is 77.8 cm³/mol. The van der Waals surface area contributed by atoms with Crippen LogP contribution in [0.2, 0.25) is 0 Å². The van der Waals surface area contributed by atoms with Gasteiger partial charge in [0, 0.05) is 38.6 Å². The van der Waals surface area contributed by atoms with E-state index in [1.54, 1.807) is 23.3 Å². The van der Waals surface area contributed by atoms with Crippen molar-refractivity contribution in [3.8, 4) is 0 Å². The first-order chi connectivity index (χ1) is 10.2. The average Bonchev–Trinajstić information content (AvgIpc) is 2.95. The predicted octanol–water partition coefficient (Wildman–Crippen LogP) is 0.927. The summed E-state index contributed by atoms with van der Waals surface area (Å²) >= 11 is 0. The van der Waals surface area contributed by atoms with E-state index < -0.39 is 0 Å². The summed E-state index contributed by atoms with van der Waals surface area (Å²) in [5, 5.41) is 11.2. The number of amides is 1. The number of aryl methyl sites for hydroxylation is 1. The molecule has 3 heterocycles. The Morgan fingerprint density at radius 1 is 1.38 bits per heavy atom. The van der Waals surface area contributed by atoms with Crippen LogP contribution in [0, 0.1) is 0 Å². The van der Waals surface area contributed by atoms with Gasteiger partial charge in [-0.1, -0.05) is 0 Å². The monoisotopic (exact) mass is 286 g/mol. The van der Waals surface area contributed by atoms with E-state index in [0.29, 0.717) is 11.7 Å². The lowest BCUT2D eigenvalue weighted by Gasteiger charge is -2.32. The van der Waals surface area contributed by atoms with Gasteiger partial charge in [-0.05, 0) is 25.0 Å². The van der Waals surface area contributed by atoms with Crippen LogP contribution in [0.25, 0.3) is 0 Å². The lowest BCUT2D eigenvalue weighted by Crippen LogP contribution is -2.42. The van der Waals surface area contributed by atoms with Crippen molar-refractivity contribution >= 4 is 11.7 Å². The highest BCUT2D eigenvalue weighted by molar-refractivity contribution is 5.92. The number of rotatable bonds is 3. The summed E-state index contributed by atoms with van der Waals surface area (Å²) in [6, 6.07) is 4.09. The molecule has 2 aromatic rings. The second-order valence-corrected chi connectivity index (χ2v) is 5.24. The van der Waals surface area contributed by atoms with Crippen LogP contribution >= 0.6 is 0 Å². The van der Waals surface area contributed by atoms with Gasteiger partial charge in [-0.2, -0.15) is 5.10 Å². The minimum Gasteiger partial charge on any atom is -0.366 e. The SMILES string of the molecule is Cn1cnc(C(=O)N2CCC(Nc3cccnn3)CC2)c1. The van der Waals surface area contributed by atoms with Gasteiger partial charge in [0.2, 0.25) is 0 Å². The molecule has 0 unspecified atom stereocenters. The van der Waals surface area contributed by atoms with Crippen molar-refractivity contribution in [2.45, 2.75) is 18.9 Å². The Hall–Kier alpha value is -2.44. The highest BCUT2D eigenvalue weighted by atomic mass is 16.2.